The minimum Gasteiger partial charge on any atom is -0.386 e. The predicted molar refractivity (Wildman–Crippen MR) is 146 cm³/mol. The maximum atomic E-state index is 12.5. The summed E-state index contributed by atoms with van der Waals surface area (Å²) in [7, 11) is -4.37. The lowest BCUT2D eigenvalue weighted by molar-refractivity contribution is -0.121. The van der Waals surface area contributed by atoms with E-state index in [4.69, 9.17) is 35.4 Å². The number of H-pyrrole nitrogens is 1. The van der Waals surface area contributed by atoms with Crippen molar-refractivity contribution in [2.24, 2.45) is 0 Å². The number of phosphoric ester groups is 1. The van der Waals surface area contributed by atoms with Crippen LogP contribution in [0.15, 0.2) is 16.1 Å². The van der Waals surface area contributed by atoms with Crippen LogP contribution in [-0.2, 0) is 45.8 Å². The number of fused-ring (bicyclic) bond motifs is 2. The van der Waals surface area contributed by atoms with E-state index in [1.165, 1.54) is 9.25 Å². The number of hydrogen-bond acceptors (Lipinski definition) is 15. The fourth-order valence-corrected chi connectivity index (χ4v) is 6.14. The fraction of sp³-hybridized carbons (Fsp3) is 0.545. The zero-order valence-electron chi connectivity index (χ0n) is 22.4. The van der Waals surface area contributed by atoms with Gasteiger partial charge in [-0.2, -0.15) is 4.98 Å². The molecule has 6 N–H and O–H groups in total. The number of aromatic amines is 1. The molecule has 2 aliphatic rings. The molecule has 0 aromatic carbocycles. The number of carbonyl (C=O) groups excluding carboxylic acids is 1. The number of nitrogens with one attached hydrogen (secondary N) is 2. The number of amides is 1. The molecule has 2 aliphatic heterocycles. The number of carbonyl (C=O) groups is 1. The van der Waals surface area contributed by atoms with Crippen molar-refractivity contribution in [3.8, 4) is 12.3 Å². The van der Waals surface area contributed by atoms with E-state index in [-0.39, 0.29) is 61.1 Å². The second-order valence-electron chi connectivity index (χ2n) is 9.19. The van der Waals surface area contributed by atoms with E-state index >= 15 is 0 Å². The third kappa shape index (κ3) is 7.41. The van der Waals surface area contributed by atoms with Gasteiger partial charge in [-0.1, -0.05) is 22.9 Å². The summed E-state index contributed by atoms with van der Waals surface area (Å²) in [6, 6.07) is 0. The quantitative estimate of drug-likeness (QED) is 0.0594. The summed E-state index contributed by atoms with van der Waals surface area (Å²) in [5, 5.41) is 21.8. The molecule has 1 amide bonds. The van der Waals surface area contributed by atoms with E-state index in [2.05, 4.69) is 36.5 Å². The minimum absolute atomic E-state index is 0.0228. The molecule has 0 aliphatic carbocycles. The van der Waals surface area contributed by atoms with Gasteiger partial charge in [0.2, 0.25) is 11.9 Å². The van der Waals surface area contributed by atoms with Gasteiger partial charge in [-0.05, 0) is 0 Å². The number of nitrogens with two attached hydrogens (primary N) is 1. The van der Waals surface area contributed by atoms with Gasteiger partial charge in [0.05, 0.1) is 32.6 Å². The van der Waals surface area contributed by atoms with E-state index in [1.807, 2.05) is 0 Å². The number of terminal acetylenes is 1. The number of thioether (sulfide) groups is 1. The molecule has 2 fully saturated rings. The first kappa shape index (κ1) is 31.1. The van der Waals surface area contributed by atoms with Crippen molar-refractivity contribution in [2.45, 2.75) is 42.8 Å². The molecule has 0 spiro atoms. The number of ether oxygens (including phenoxy) is 3. The van der Waals surface area contributed by atoms with Crippen molar-refractivity contribution in [1.82, 2.24) is 39.8 Å². The van der Waals surface area contributed by atoms with Crippen molar-refractivity contribution < 1.29 is 42.6 Å². The summed E-state index contributed by atoms with van der Waals surface area (Å²) in [6.45, 7) is 0.902. The zero-order valence-corrected chi connectivity index (χ0v) is 24.1. The SMILES string of the molecule is C#CCOCCOCc1cn(CC(=O)NCCSc2nc3c(=O)[nH]c(N)nc3n2[C@@H]2OC3COP(=O)(O)O[C@H]3[C@@H]2O)nn1. The van der Waals surface area contributed by atoms with Gasteiger partial charge >= 0.3 is 7.82 Å². The number of anilines is 1. The third-order valence-electron chi connectivity index (χ3n) is 6.11. The highest BCUT2D eigenvalue weighted by Crippen LogP contribution is 2.52. The number of nitrogens with zero attached hydrogens (tertiary/aromatic N) is 6. The number of aliphatic hydroxyl groups is 1. The van der Waals surface area contributed by atoms with Gasteiger partial charge in [0.15, 0.2) is 22.5 Å². The molecule has 0 saturated carbocycles. The minimum atomic E-state index is -4.37. The Kier molecular flexibility index (Phi) is 9.75. The highest BCUT2D eigenvalue weighted by Gasteiger charge is 2.53. The summed E-state index contributed by atoms with van der Waals surface area (Å²) < 4.78 is 40.9. The Labute approximate surface area is 247 Å². The van der Waals surface area contributed by atoms with Crippen LogP contribution in [0.4, 0.5) is 5.95 Å². The van der Waals surface area contributed by atoms with Gasteiger partial charge in [0.1, 0.15) is 37.2 Å². The van der Waals surface area contributed by atoms with Gasteiger partial charge in [-0.3, -0.25) is 28.2 Å². The Morgan fingerprint density at radius 3 is 3.00 bits per heavy atom. The molecular formula is C22H28N9O10PS. The molecule has 5 heterocycles. The van der Waals surface area contributed by atoms with E-state index < -0.39 is 37.9 Å². The Balaban J connectivity index is 1.18. The van der Waals surface area contributed by atoms with Crippen molar-refractivity contribution >= 4 is 42.6 Å². The Morgan fingerprint density at radius 2 is 2.19 bits per heavy atom. The van der Waals surface area contributed by atoms with Gasteiger partial charge < -0.3 is 35.3 Å². The smallest absolute Gasteiger partial charge is 0.386 e. The maximum absolute atomic E-state index is 12.5. The molecule has 3 aromatic rings. The van der Waals surface area contributed by atoms with Gasteiger partial charge in [-0.25, -0.2) is 14.2 Å². The van der Waals surface area contributed by atoms with Crippen molar-refractivity contribution in [3.05, 3.63) is 22.2 Å². The molecule has 5 rings (SSSR count). The second kappa shape index (κ2) is 13.5. The fourth-order valence-electron chi connectivity index (χ4n) is 4.30. The van der Waals surface area contributed by atoms with E-state index in [1.54, 1.807) is 6.20 Å². The van der Waals surface area contributed by atoms with Gasteiger partial charge in [0.25, 0.3) is 5.56 Å². The topological polar surface area (TPSA) is 253 Å². The lowest BCUT2D eigenvalue weighted by Crippen LogP contribution is -2.39. The van der Waals surface area contributed by atoms with Crippen LogP contribution >= 0.6 is 19.6 Å². The first-order valence-corrected chi connectivity index (χ1v) is 15.3. The highest BCUT2D eigenvalue weighted by molar-refractivity contribution is 7.99. The van der Waals surface area contributed by atoms with Crippen molar-refractivity contribution in [1.29, 1.82) is 0 Å². The molecule has 0 bridgehead atoms. The lowest BCUT2D eigenvalue weighted by Gasteiger charge is -2.27. The summed E-state index contributed by atoms with van der Waals surface area (Å²) >= 11 is 1.14. The Morgan fingerprint density at radius 1 is 1.37 bits per heavy atom. The number of imidazole rings is 1. The number of nitrogen functional groups attached to an aromatic ring is 1. The number of phosphoric acid groups is 1. The van der Waals surface area contributed by atoms with Crippen molar-refractivity contribution in [2.75, 3.05) is 44.5 Å². The highest BCUT2D eigenvalue weighted by atomic mass is 32.2. The van der Waals surface area contributed by atoms with Gasteiger partial charge in [0, 0.05) is 12.3 Å². The average Bonchev–Trinajstić information content (AvgIpc) is 3.64. The molecule has 232 valence electrons. The van der Waals surface area contributed by atoms with Crippen LogP contribution < -0.4 is 16.6 Å². The normalized spacial score (nSPS) is 25.0. The standard InChI is InChI=1S/C22H28N9O10PS/c1-2-4-37-5-6-38-10-12-8-30(29-28-12)9-14(32)24-3-7-43-22-25-15-18(26-21(23)27-19(15)34)31(22)20-16(33)17-13(40-20)11-39-42(35,36)41-17/h1,8,13,16-17,20,33H,3-7,9-11H2,(H,24,32)(H,35,36)(H3,23,26,27,34)/t13?,16-,17+,20+/m0/s1. The first-order valence-electron chi connectivity index (χ1n) is 12.8. The van der Waals surface area contributed by atoms with Crippen LogP contribution in [0.2, 0.25) is 0 Å². The van der Waals surface area contributed by atoms with E-state index in [0.29, 0.717) is 24.7 Å². The number of rotatable bonds is 13. The molecule has 0 radical (unpaired) electrons. The Bertz CT molecular complexity index is 1610. The van der Waals surface area contributed by atoms with Crippen LogP contribution in [0.5, 0.6) is 0 Å². The lowest BCUT2D eigenvalue weighted by atomic mass is 10.1. The van der Waals surface area contributed by atoms with E-state index in [0.717, 1.165) is 11.8 Å². The summed E-state index contributed by atoms with van der Waals surface area (Å²) in [5.41, 5.74) is 5.63. The third-order valence-corrected chi connectivity index (χ3v) is 8.05. The molecule has 43 heavy (non-hydrogen) atoms. The molecule has 3 aromatic heterocycles. The Hall–Kier alpha value is -3.38. The largest absolute Gasteiger partial charge is 0.472 e. The number of hydrogen-bond donors (Lipinski definition) is 5. The molecule has 2 unspecified atom stereocenters. The predicted octanol–water partition coefficient (Wildman–Crippen LogP) is -1.86. The number of aromatic nitrogens is 7. The number of aliphatic hydroxyl groups excluding tert-OH is 1. The van der Waals surface area contributed by atoms with Crippen LogP contribution in [-0.4, -0.2) is 107 Å². The summed E-state index contributed by atoms with van der Waals surface area (Å²) in [5.74, 6) is 2.13. The van der Waals surface area contributed by atoms with Crippen LogP contribution in [0.1, 0.15) is 11.9 Å². The summed E-state index contributed by atoms with van der Waals surface area (Å²) in [6.07, 6.45) is 1.99. The maximum Gasteiger partial charge on any atom is 0.472 e. The van der Waals surface area contributed by atoms with Crippen LogP contribution in [0.3, 0.4) is 0 Å². The second-order valence-corrected chi connectivity index (χ2v) is 11.7. The zero-order chi connectivity index (χ0) is 30.6. The van der Waals surface area contributed by atoms with Gasteiger partial charge in [-0.15, -0.1) is 11.5 Å². The van der Waals surface area contributed by atoms with E-state index in [9.17, 15) is 24.2 Å². The average molecular weight is 642 g/mol. The van der Waals surface area contributed by atoms with Crippen LogP contribution in [0, 0.1) is 12.3 Å². The molecular weight excluding hydrogens is 613 g/mol. The molecule has 21 heteroatoms. The molecule has 2 saturated heterocycles. The molecule has 5 atom stereocenters. The van der Waals surface area contributed by atoms with Crippen molar-refractivity contribution in [3.63, 3.8) is 0 Å². The molecule has 19 nitrogen and oxygen atoms in total. The first-order chi connectivity index (χ1) is 20.6. The van der Waals surface area contributed by atoms with Crippen LogP contribution in [0.25, 0.3) is 11.2 Å². The summed E-state index contributed by atoms with van der Waals surface area (Å²) in [4.78, 5) is 45.5. The monoisotopic (exact) mass is 641 g/mol.